The van der Waals surface area contributed by atoms with E-state index in [1.807, 2.05) is 6.07 Å². The number of carbonyl (C=O) groups is 1. The topological polar surface area (TPSA) is 124 Å². The fourth-order valence-electron chi connectivity index (χ4n) is 2.83. The number of allylic oxidation sites excluding steroid dienone is 2. The molecule has 1 aromatic heterocycles. The minimum atomic E-state index is -0.662. The summed E-state index contributed by atoms with van der Waals surface area (Å²) in [6, 6.07) is 7.51. The Balaban J connectivity index is 2.19. The van der Waals surface area contributed by atoms with Crippen molar-refractivity contribution in [1.82, 2.24) is 4.98 Å². The van der Waals surface area contributed by atoms with Gasteiger partial charge < -0.3 is 20.9 Å². The third kappa shape index (κ3) is 2.90. The van der Waals surface area contributed by atoms with Gasteiger partial charge in [0.2, 0.25) is 5.88 Å². The highest BCUT2D eigenvalue weighted by Gasteiger charge is 2.36. The van der Waals surface area contributed by atoms with E-state index in [1.54, 1.807) is 26.0 Å². The fraction of sp³-hybridized carbons (Fsp3) is 0.235. The van der Waals surface area contributed by atoms with Gasteiger partial charge in [0, 0.05) is 0 Å². The van der Waals surface area contributed by atoms with E-state index in [-0.39, 0.29) is 23.6 Å². The van der Waals surface area contributed by atoms with Crippen LogP contribution in [0.15, 0.2) is 41.0 Å². The zero-order chi connectivity index (χ0) is 18.1. The van der Waals surface area contributed by atoms with E-state index < -0.39 is 11.9 Å². The van der Waals surface area contributed by atoms with Crippen LogP contribution >= 0.6 is 11.3 Å². The van der Waals surface area contributed by atoms with Crippen LogP contribution < -0.4 is 11.5 Å². The highest BCUT2D eigenvalue weighted by atomic mass is 32.1. The van der Waals surface area contributed by atoms with Crippen LogP contribution in [-0.4, -0.2) is 17.6 Å². The SMILES string of the molecule is CCOC(=O)C1=C(C)OC(N)=C(C#N)C1c1ccc2nc(N)sc2c1. The Morgan fingerprint density at radius 3 is 2.92 bits per heavy atom. The third-order valence-corrected chi connectivity index (χ3v) is 4.71. The molecule has 25 heavy (non-hydrogen) atoms. The Kier molecular flexibility index (Phi) is 4.33. The summed E-state index contributed by atoms with van der Waals surface area (Å²) in [5, 5.41) is 10.0. The van der Waals surface area contributed by atoms with Crippen molar-refractivity contribution in [3.63, 3.8) is 0 Å². The number of carbonyl (C=O) groups excluding carboxylic acids is 1. The summed E-state index contributed by atoms with van der Waals surface area (Å²) < 4.78 is 11.4. The summed E-state index contributed by atoms with van der Waals surface area (Å²) in [7, 11) is 0. The van der Waals surface area contributed by atoms with Gasteiger partial charge >= 0.3 is 5.97 Å². The van der Waals surface area contributed by atoms with Crippen LogP contribution in [0.5, 0.6) is 0 Å². The molecular weight excluding hydrogens is 340 g/mol. The predicted molar refractivity (Wildman–Crippen MR) is 94.0 cm³/mol. The molecule has 0 saturated heterocycles. The first-order chi connectivity index (χ1) is 12.0. The van der Waals surface area contributed by atoms with E-state index in [0.717, 1.165) is 15.8 Å². The smallest absolute Gasteiger partial charge is 0.338 e. The Morgan fingerprint density at radius 1 is 1.48 bits per heavy atom. The lowest BCUT2D eigenvalue weighted by Crippen LogP contribution is -2.25. The van der Waals surface area contributed by atoms with Gasteiger partial charge in [0.05, 0.1) is 28.3 Å². The fourth-order valence-corrected chi connectivity index (χ4v) is 3.61. The summed E-state index contributed by atoms with van der Waals surface area (Å²) in [5.74, 6) is -0.884. The monoisotopic (exact) mass is 356 g/mol. The molecule has 0 bridgehead atoms. The van der Waals surface area contributed by atoms with E-state index >= 15 is 0 Å². The van der Waals surface area contributed by atoms with Gasteiger partial charge in [0.25, 0.3) is 0 Å². The number of nitriles is 1. The first kappa shape index (κ1) is 16.8. The number of hydrogen-bond acceptors (Lipinski definition) is 8. The number of esters is 1. The van der Waals surface area contributed by atoms with Crippen molar-refractivity contribution in [3.8, 4) is 6.07 Å². The minimum absolute atomic E-state index is 0.0121. The average Bonchev–Trinajstić information content (AvgIpc) is 2.93. The summed E-state index contributed by atoms with van der Waals surface area (Å²) in [6.07, 6.45) is 0. The highest BCUT2D eigenvalue weighted by molar-refractivity contribution is 7.22. The maximum absolute atomic E-state index is 12.5. The maximum Gasteiger partial charge on any atom is 0.338 e. The molecule has 1 unspecified atom stereocenters. The molecule has 1 aromatic carbocycles. The van der Waals surface area contributed by atoms with Crippen LogP contribution in [0, 0.1) is 11.3 Å². The number of thiazole rings is 1. The molecule has 3 rings (SSSR count). The van der Waals surface area contributed by atoms with Gasteiger partial charge in [-0.05, 0) is 31.5 Å². The second-order valence-corrected chi connectivity index (χ2v) is 6.46. The molecule has 2 heterocycles. The molecule has 128 valence electrons. The van der Waals surface area contributed by atoms with Crippen molar-refractivity contribution in [2.75, 3.05) is 12.3 Å². The van der Waals surface area contributed by atoms with E-state index in [4.69, 9.17) is 20.9 Å². The summed E-state index contributed by atoms with van der Waals surface area (Å²) in [4.78, 5) is 16.7. The molecule has 0 radical (unpaired) electrons. The third-order valence-electron chi connectivity index (χ3n) is 3.86. The van der Waals surface area contributed by atoms with Crippen LogP contribution in [0.1, 0.15) is 25.3 Å². The van der Waals surface area contributed by atoms with Crippen molar-refractivity contribution in [3.05, 3.63) is 46.6 Å². The standard InChI is InChI=1S/C17H16N4O3S/c1-3-23-16(22)13-8(2)24-15(19)10(7-18)14(13)9-4-5-11-12(6-9)25-17(20)21-11/h4-6,14H,3,19H2,1-2H3,(H2,20,21). The molecule has 1 atom stereocenters. The normalized spacial score (nSPS) is 17.4. The molecule has 2 aromatic rings. The molecule has 1 aliphatic heterocycles. The number of aromatic nitrogens is 1. The summed E-state index contributed by atoms with van der Waals surface area (Å²) in [6.45, 7) is 3.56. The van der Waals surface area contributed by atoms with Crippen LogP contribution in [0.3, 0.4) is 0 Å². The van der Waals surface area contributed by atoms with Gasteiger partial charge in [-0.3, -0.25) is 0 Å². The Morgan fingerprint density at radius 2 is 2.24 bits per heavy atom. The van der Waals surface area contributed by atoms with Gasteiger partial charge in [-0.25, -0.2) is 9.78 Å². The molecule has 0 aliphatic carbocycles. The Hall–Kier alpha value is -3.05. The van der Waals surface area contributed by atoms with Crippen molar-refractivity contribution in [2.24, 2.45) is 5.73 Å². The lowest BCUT2D eigenvalue weighted by molar-refractivity contribution is -0.139. The van der Waals surface area contributed by atoms with Crippen LogP contribution in [0.25, 0.3) is 10.2 Å². The van der Waals surface area contributed by atoms with Crippen molar-refractivity contribution >= 4 is 32.7 Å². The second-order valence-electron chi connectivity index (χ2n) is 5.39. The number of fused-ring (bicyclic) bond motifs is 1. The van der Waals surface area contributed by atoms with Gasteiger partial charge in [-0.2, -0.15) is 5.26 Å². The molecule has 0 saturated carbocycles. The maximum atomic E-state index is 12.5. The number of nitrogen functional groups attached to an aromatic ring is 1. The van der Waals surface area contributed by atoms with E-state index in [0.29, 0.717) is 10.9 Å². The number of anilines is 1. The van der Waals surface area contributed by atoms with Gasteiger partial charge in [-0.1, -0.05) is 17.4 Å². The van der Waals surface area contributed by atoms with Crippen LogP contribution in [-0.2, 0) is 14.3 Å². The quantitative estimate of drug-likeness (QED) is 0.810. The molecule has 4 N–H and O–H groups in total. The number of benzene rings is 1. The zero-order valence-electron chi connectivity index (χ0n) is 13.7. The van der Waals surface area contributed by atoms with Gasteiger partial charge in [0.15, 0.2) is 5.13 Å². The molecule has 7 nitrogen and oxygen atoms in total. The lowest BCUT2D eigenvalue weighted by atomic mass is 9.83. The van der Waals surface area contributed by atoms with Crippen LogP contribution in [0.4, 0.5) is 5.13 Å². The predicted octanol–water partition coefficient (Wildman–Crippen LogP) is 2.52. The first-order valence-corrected chi connectivity index (χ1v) is 8.39. The molecule has 8 heteroatoms. The van der Waals surface area contributed by atoms with E-state index in [9.17, 15) is 10.1 Å². The second kappa shape index (κ2) is 6.45. The molecule has 0 spiro atoms. The Labute approximate surface area is 148 Å². The van der Waals surface area contributed by atoms with Crippen molar-refractivity contribution in [1.29, 1.82) is 5.26 Å². The number of nitrogens with two attached hydrogens (primary N) is 2. The van der Waals surface area contributed by atoms with E-state index in [2.05, 4.69) is 11.1 Å². The first-order valence-electron chi connectivity index (χ1n) is 7.57. The molecule has 1 aliphatic rings. The van der Waals surface area contributed by atoms with Gasteiger partial charge in [0.1, 0.15) is 17.4 Å². The summed E-state index contributed by atoms with van der Waals surface area (Å²) in [5.41, 5.74) is 13.6. The number of nitrogens with zero attached hydrogens (tertiary/aromatic N) is 2. The highest BCUT2D eigenvalue weighted by Crippen LogP contribution is 2.41. The summed E-state index contributed by atoms with van der Waals surface area (Å²) >= 11 is 1.33. The molecular formula is C17H16N4O3S. The lowest BCUT2D eigenvalue weighted by Gasteiger charge is -2.26. The largest absolute Gasteiger partial charge is 0.463 e. The van der Waals surface area contributed by atoms with Crippen molar-refractivity contribution in [2.45, 2.75) is 19.8 Å². The van der Waals surface area contributed by atoms with E-state index in [1.165, 1.54) is 11.3 Å². The Bertz CT molecular complexity index is 968. The number of hydrogen-bond donors (Lipinski definition) is 2. The average molecular weight is 356 g/mol. The number of ether oxygens (including phenoxy) is 2. The van der Waals surface area contributed by atoms with Crippen molar-refractivity contribution < 1.29 is 14.3 Å². The zero-order valence-corrected chi connectivity index (χ0v) is 14.5. The molecule has 0 fully saturated rings. The molecule has 0 amide bonds. The number of rotatable bonds is 3. The van der Waals surface area contributed by atoms with Gasteiger partial charge in [-0.15, -0.1) is 0 Å². The van der Waals surface area contributed by atoms with Crippen LogP contribution in [0.2, 0.25) is 0 Å². The minimum Gasteiger partial charge on any atom is -0.463 e.